The second-order valence-electron chi connectivity index (χ2n) is 4.60. The topological polar surface area (TPSA) is 49.4 Å². The molecule has 1 saturated carbocycles. The zero-order chi connectivity index (χ0) is 11.7. The number of piperidine rings is 1. The van der Waals surface area contributed by atoms with Gasteiger partial charge in [0, 0.05) is 12.6 Å². The average Bonchev–Trinajstić information content (AvgIpc) is 3.05. The lowest BCUT2D eigenvalue weighted by molar-refractivity contribution is -0.141. The smallest absolute Gasteiger partial charge is 0.242 e. The van der Waals surface area contributed by atoms with Crippen molar-refractivity contribution >= 4 is 27.7 Å². The number of likely N-dealkylation sites (tertiary alicyclic amines) is 1. The zero-order valence-corrected chi connectivity index (χ0v) is 11.0. The molecule has 1 aliphatic carbocycles. The van der Waals surface area contributed by atoms with E-state index in [9.17, 15) is 9.59 Å². The normalized spacial score (nSPS) is 27.8. The summed E-state index contributed by atoms with van der Waals surface area (Å²) in [4.78, 5) is 25.3. The summed E-state index contributed by atoms with van der Waals surface area (Å²) >= 11 is 3.35. The number of carbonyl (C=O) groups is 2. The number of carbonyl (C=O) groups excluding carboxylic acids is 2. The molecule has 1 aliphatic heterocycles. The van der Waals surface area contributed by atoms with E-state index in [1.807, 2.05) is 0 Å². The van der Waals surface area contributed by atoms with Gasteiger partial charge < -0.3 is 10.2 Å². The van der Waals surface area contributed by atoms with Crippen molar-refractivity contribution < 1.29 is 9.59 Å². The van der Waals surface area contributed by atoms with Crippen LogP contribution < -0.4 is 5.32 Å². The van der Waals surface area contributed by atoms with Gasteiger partial charge in [0.2, 0.25) is 11.8 Å². The maximum Gasteiger partial charge on any atom is 0.242 e. The van der Waals surface area contributed by atoms with Gasteiger partial charge in [0.25, 0.3) is 0 Å². The van der Waals surface area contributed by atoms with Gasteiger partial charge in [-0.3, -0.25) is 9.59 Å². The molecule has 2 amide bonds. The first-order valence-electron chi connectivity index (χ1n) is 5.84. The molecule has 0 spiro atoms. The molecule has 0 radical (unpaired) electrons. The lowest BCUT2D eigenvalue weighted by atomic mass is 10.1. The quantitative estimate of drug-likeness (QED) is 0.789. The highest BCUT2D eigenvalue weighted by atomic mass is 79.9. The molecule has 1 heterocycles. The Morgan fingerprint density at radius 2 is 2.19 bits per heavy atom. The van der Waals surface area contributed by atoms with Crippen LogP contribution in [-0.2, 0) is 9.59 Å². The molecule has 2 unspecified atom stereocenters. The van der Waals surface area contributed by atoms with E-state index in [1.165, 1.54) is 0 Å². The van der Waals surface area contributed by atoms with Crippen molar-refractivity contribution in [1.29, 1.82) is 0 Å². The number of hydrogen-bond donors (Lipinski definition) is 1. The Morgan fingerprint density at radius 3 is 2.81 bits per heavy atom. The van der Waals surface area contributed by atoms with Crippen LogP contribution in [0.15, 0.2) is 0 Å². The lowest BCUT2D eigenvalue weighted by Crippen LogP contribution is -2.52. The Morgan fingerprint density at radius 1 is 1.50 bits per heavy atom. The van der Waals surface area contributed by atoms with E-state index in [4.69, 9.17) is 0 Å². The van der Waals surface area contributed by atoms with Crippen molar-refractivity contribution in [3.05, 3.63) is 0 Å². The Bertz CT molecular complexity index is 304. The van der Waals surface area contributed by atoms with Crippen LogP contribution in [0.3, 0.4) is 0 Å². The van der Waals surface area contributed by atoms with Crippen LogP contribution in [0.25, 0.3) is 0 Å². The van der Waals surface area contributed by atoms with E-state index in [0.29, 0.717) is 12.6 Å². The molecule has 0 aromatic heterocycles. The second-order valence-corrected chi connectivity index (χ2v) is 5.71. The van der Waals surface area contributed by atoms with Gasteiger partial charge in [-0.25, -0.2) is 0 Å². The minimum atomic E-state index is -0.339. The standard InChI is InChI=1S/C11H17BrN2O2/c1-7(10(15)13-8-4-5-8)14-6-2-3-9(12)11(14)16/h7-9H,2-6H2,1H3,(H,13,15). The van der Waals surface area contributed by atoms with E-state index in [1.54, 1.807) is 11.8 Å². The minimum absolute atomic E-state index is 0.0162. The summed E-state index contributed by atoms with van der Waals surface area (Å²) in [6.07, 6.45) is 3.98. The van der Waals surface area contributed by atoms with E-state index >= 15 is 0 Å². The molecule has 0 aromatic rings. The molecule has 90 valence electrons. The van der Waals surface area contributed by atoms with Crippen molar-refractivity contribution in [3.63, 3.8) is 0 Å². The summed E-state index contributed by atoms with van der Waals surface area (Å²) in [6.45, 7) is 2.50. The van der Waals surface area contributed by atoms with Crippen LogP contribution in [0.5, 0.6) is 0 Å². The first kappa shape index (κ1) is 11.9. The summed E-state index contributed by atoms with van der Waals surface area (Å²) in [5.41, 5.74) is 0. The fourth-order valence-corrected chi connectivity index (χ4v) is 2.52. The first-order valence-corrected chi connectivity index (χ1v) is 6.76. The maximum absolute atomic E-state index is 11.9. The van der Waals surface area contributed by atoms with E-state index < -0.39 is 0 Å². The third kappa shape index (κ3) is 2.56. The molecule has 4 nitrogen and oxygen atoms in total. The molecule has 2 fully saturated rings. The van der Waals surface area contributed by atoms with E-state index in [-0.39, 0.29) is 22.7 Å². The van der Waals surface area contributed by atoms with Crippen molar-refractivity contribution in [1.82, 2.24) is 10.2 Å². The predicted octanol–water partition coefficient (Wildman–Crippen LogP) is 1.04. The van der Waals surface area contributed by atoms with Crippen LogP contribution in [0, 0.1) is 0 Å². The van der Waals surface area contributed by atoms with Crippen molar-refractivity contribution in [3.8, 4) is 0 Å². The van der Waals surface area contributed by atoms with E-state index in [2.05, 4.69) is 21.2 Å². The summed E-state index contributed by atoms with van der Waals surface area (Å²) in [6, 6.07) is 0.0167. The van der Waals surface area contributed by atoms with Gasteiger partial charge in [-0.1, -0.05) is 15.9 Å². The number of amides is 2. The fourth-order valence-electron chi connectivity index (χ4n) is 1.93. The van der Waals surface area contributed by atoms with Gasteiger partial charge in [-0.2, -0.15) is 0 Å². The van der Waals surface area contributed by atoms with Crippen molar-refractivity contribution in [2.75, 3.05) is 6.54 Å². The molecule has 2 atom stereocenters. The highest BCUT2D eigenvalue weighted by Crippen LogP contribution is 2.22. The van der Waals surface area contributed by atoms with Gasteiger partial charge in [-0.05, 0) is 32.6 Å². The monoisotopic (exact) mass is 288 g/mol. The van der Waals surface area contributed by atoms with Crippen LogP contribution in [0.1, 0.15) is 32.6 Å². The highest BCUT2D eigenvalue weighted by Gasteiger charge is 2.34. The molecule has 1 N–H and O–H groups in total. The SMILES string of the molecule is CC(C(=O)NC1CC1)N1CCCC(Br)C1=O. The lowest BCUT2D eigenvalue weighted by Gasteiger charge is -2.33. The van der Waals surface area contributed by atoms with Crippen molar-refractivity contribution in [2.45, 2.75) is 49.5 Å². The third-order valence-corrected chi connectivity index (χ3v) is 4.03. The number of rotatable bonds is 3. The second kappa shape index (κ2) is 4.73. The van der Waals surface area contributed by atoms with E-state index in [0.717, 1.165) is 25.7 Å². The minimum Gasteiger partial charge on any atom is -0.352 e. The largest absolute Gasteiger partial charge is 0.352 e. The summed E-state index contributed by atoms with van der Waals surface area (Å²) < 4.78 is 0. The molecular weight excluding hydrogens is 272 g/mol. The number of alkyl halides is 1. The van der Waals surface area contributed by atoms with Crippen LogP contribution >= 0.6 is 15.9 Å². The Balaban J connectivity index is 1.93. The van der Waals surface area contributed by atoms with Crippen molar-refractivity contribution in [2.24, 2.45) is 0 Å². The molecule has 2 aliphatic rings. The molecular formula is C11H17BrN2O2. The fraction of sp³-hybridized carbons (Fsp3) is 0.818. The number of hydrogen-bond acceptors (Lipinski definition) is 2. The molecule has 0 aromatic carbocycles. The zero-order valence-electron chi connectivity index (χ0n) is 9.41. The Hall–Kier alpha value is -0.580. The first-order chi connectivity index (χ1) is 7.59. The Kier molecular flexibility index (Phi) is 3.52. The predicted molar refractivity (Wildman–Crippen MR) is 64.3 cm³/mol. The van der Waals surface area contributed by atoms with Gasteiger partial charge in [-0.15, -0.1) is 0 Å². The van der Waals surface area contributed by atoms with Gasteiger partial charge >= 0.3 is 0 Å². The summed E-state index contributed by atoms with van der Waals surface area (Å²) in [5.74, 6) is 0.0298. The third-order valence-electron chi connectivity index (χ3n) is 3.18. The molecule has 5 heteroatoms. The van der Waals surface area contributed by atoms with Gasteiger partial charge in [0.1, 0.15) is 6.04 Å². The maximum atomic E-state index is 11.9. The highest BCUT2D eigenvalue weighted by molar-refractivity contribution is 9.10. The number of nitrogens with one attached hydrogen (secondary N) is 1. The van der Waals surface area contributed by atoms with Gasteiger partial charge in [0.15, 0.2) is 0 Å². The van der Waals surface area contributed by atoms with Crippen LogP contribution in [0.4, 0.5) is 0 Å². The molecule has 0 bridgehead atoms. The number of halogens is 1. The Labute approximate surface area is 104 Å². The summed E-state index contributed by atoms with van der Waals surface area (Å²) in [5, 5.41) is 2.94. The molecule has 2 rings (SSSR count). The summed E-state index contributed by atoms with van der Waals surface area (Å²) in [7, 11) is 0. The molecule has 1 saturated heterocycles. The number of nitrogens with zero attached hydrogens (tertiary/aromatic N) is 1. The van der Waals surface area contributed by atoms with Crippen LogP contribution in [-0.4, -0.2) is 40.2 Å². The van der Waals surface area contributed by atoms with Crippen LogP contribution in [0.2, 0.25) is 0 Å². The average molecular weight is 289 g/mol. The molecule has 16 heavy (non-hydrogen) atoms. The van der Waals surface area contributed by atoms with Gasteiger partial charge in [0.05, 0.1) is 4.83 Å².